The van der Waals surface area contributed by atoms with Gasteiger partial charge in [0.05, 0.1) is 6.54 Å². The highest BCUT2D eigenvalue weighted by Gasteiger charge is 2.07. The fourth-order valence-electron chi connectivity index (χ4n) is 1.66. The molecule has 7 heteroatoms. The number of hydrogen-bond acceptors (Lipinski definition) is 4. The molecule has 3 amide bonds. The van der Waals surface area contributed by atoms with E-state index in [1.807, 2.05) is 25.1 Å². The second-order valence-electron chi connectivity index (χ2n) is 4.58. The Morgan fingerprint density at radius 2 is 1.81 bits per heavy atom. The molecular formula is C14H19N3O4. The molecule has 0 aliphatic carbocycles. The van der Waals surface area contributed by atoms with Gasteiger partial charge in [-0.15, -0.1) is 0 Å². The van der Waals surface area contributed by atoms with E-state index in [9.17, 15) is 14.4 Å². The molecule has 0 aliphatic heterocycles. The van der Waals surface area contributed by atoms with E-state index in [0.717, 1.165) is 11.3 Å². The molecule has 0 saturated carbocycles. The highest BCUT2D eigenvalue weighted by molar-refractivity contribution is 5.91. The molecule has 7 nitrogen and oxygen atoms in total. The van der Waals surface area contributed by atoms with Crippen LogP contribution in [-0.4, -0.2) is 29.5 Å². The van der Waals surface area contributed by atoms with E-state index in [4.69, 9.17) is 5.21 Å². The predicted molar refractivity (Wildman–Crippen MR) is 76.6 cm³/mol. The first-order chi connectivity index (χ1) is 10.0. The van der Waals surface area contributed by atoms with Crippen molar-refractivity contribution < 1.29 is 19.6 Å². The zero-order valence-corrected chi connectivity index (χ0v) is 11.8. The first kappa shape index (κ1) is 16.6. The number of hydrogen-bond donors (Lipinski definition) is 4. The molecule has 0 aliphatic rings. The lowest BCUT2D eigenvalue weighted by atomic mass is 10.2. The molecule has 0 aromatic heterocycles. The number of benzene rings is 1. The Hall–Kier alpha value is -2.41. The summed E-state index contributed by atoms with van der Waals surface area (Å²) in [6.07, 6.45) is 0.734. The van der Waals surface area contributed by atoms with Crippen LogP contribution in [0.4, 0.5) is 5.69 Å². The zero-order valence-electron chi connectivity index (χ0n) is 11.8. The quantitative estimate of drug-likeness (QED) is 0.439. The van der Waals surface area contributed by atoms with Gasteiger partial charge >= 0.3 is 0 Å². The van der Waals surface area contributed by atoms with Crippen molar-refractivity contribution in [2.24, 2.45) is 0 Å². The maximum atomic E-state index is 11.7. The van der Waals surface area contributed by atoms with Gasteiger partial charge in [0.15, 0.2) is 0 Å². The van der Waals surface area contributed by atoms with Crippen LogP contribution in [0.5, 0.6) is 0 Å². The van der Waals surface area contributed by atoms with Crippen LogP contribution in [0.15, 0.2) is 24.3 Å². The summed E-state index contributed by atoms with van der Waals surface area (Å²) < 4.78 is 0. The molecule has 0 saturated heterocycles. The molecule has 0 spiro atoms. The Morgan fingerprint density at radius 3 is 2.48 bits per heavy atom. The number of aryl methyl sites for hydroxylation is 1. The Balaban J connectivity index is 2.21. The van der Waals surface area contributed by atoms with Gasteiger partial charge in [-0.05, 0) is 31.0 Å². The third-order valence-electron chi connectivity index (χ3n) is 2.68. The van der Waals surface area contributed by atoms with Crippen LogP contribution in [0.1, 0.15) is 24.8 Å². The van der Waals surface area contributed by atoms with E-state index in [1.54, 1.807) is 6.07 Å². The molecule has 0 unspecified atom stereocenters. The largest absolute Gasteiger partial charge is 0.347 e. The van der Waals surface area contributed by atoms with Gasteiger partial charge in [-0.1, -0.05) is 12.1 Å². The van der Waals surface area contributed by atoms with E-state index in [1.165, 1.54) is 5.48 Å². The standard InChI is InChI=1S/C14H19N3O4/c1-10-4-2-5-11(8-10)16-13(19)7-3-6-12(18)15-9-14(20)17-21/h2,4-5,8,21H,3,6-7,9H2,1H3,(H,15,18)(H,16,19)(H,17,20). The van der Waals surface area contributed by atoms with Crippen molar-refractivity contribution >= 4 is 23.4 Å². The highest BCUT2D eigenvalue weighted by atomic mass is 16.5. The minimum absolute atomic E-state index is 0.139. The maximum Gasteiger partial charge on any atom is 0.262 e. The van der Waals surface area contributed by atoms with Gasteiger partial charge in [-0.3, -0.25) is 19.6 Å². The molecule has 21 heavy (non-hydrogen) atoms. The molecule has 0 atom stereocenters. The van der Waals surface area contributed by atoms with E-state index >= 15 is 0 Å². The summed E-state index contributed by atoms with van der Waals surface area (Å²) in [7, 11) is 0. The second kappa shape index (κ2) is 8.70. The summed E-state index contributed by atoms with van der Waals surface area (Å²) >= 11 is 0. The molecule has 1 aromatic rings. The molecule has 0 radical (unpaired) electrons. The Labute approximate surface area is 122 Å². The lowest BCUT2D eigenvalue weighted by Crippen LogP contribution is -2.35. The van der Waals surface area contributed by atoms with Crippen LogP contribution in [0.2, 0.25) is 0 Å². The smallest absolute Gasteiger partial charge is 0.262 e. The van der Waals surface area contributed by atoms with Gasteiger partial charge in [0.1, 0.15) is 0 Å². The summed E-state index contributed by atoms with van der Waals surface area (Å²) in [5.74, 6) is -1.20. The van der Waals surface area contributed by atoms with Crippen molar-refractivity contribution in [3.8, 4) is 0 Å². The maximum absolute atomic E-state index is 11.7. The molecular weight excluding hydrogens is 274 g/mol. The molecule has 1 rings (SSSR count). The summed E-state index contributed by atoms with van der Waals surface area (Å²) in [5.41, 5.74) is 3.19. The van der Waals surface area contributed by atoms with Crippen molar-refractivity contribution in [1.82, 2.24) is 10.8 Å². The third kappa shape index (κ3) is 7.07. The number of nitrogens with one attached hydrogen (secondary N) is 3. The SMILES string of the molecule is Cc1cccc(NC(=O)CCCC(=O)NCC(=O)NO)c1. The van der Waals surface area contributed by atoms with Gasteiger partial charge < -0.3 is 10.6 Å². The number of carbonyl (C=O) groups excluding carboxylic acids is 3. The highest BCUT2D eigenvalue weighted by Crippen LogP contribution is 2.10. The molecule has 4 N–H and O–H groups in total. The van der Waals surface area contributed by atoms with Gasteiger partial charge in [0.2, 0.25) is 11.8 Å². The van der Waals surface area contributed by atoms with E-state index in [2.05, 4.69) is 10.6 Å². The average Bonchev–Trinajstić information content (AvgIpc) is 2.44. The Kier molecular flexibility index (Phi) is 6.90. The number of rotatable bonds is 7. The van der Waals surface area contributed by atoms with E-state index in [0.29, 0.717) is 6.42 Å². The van der Waals surface area contributed by atoms with Gasteiger partial charge in [-0.25, -0.2) is 5.48 Å². The van der Waals surface area contributed by atoms with Crippen LogP contribution in [0.25, 0.3) is 0 Å². The van der Waals surface area contributed by atoms with Crippen molar-refractivity contribution in [2.45, 2.75) is 26.2 Å². The molecule has 0 bridgehead atoms. The monoisotopic (exact) mass is 293 g/mol. The van der Waals surface area contributed by atoms with Crippen molar-refractivity contribution in [1.29, 1.82) is 0 Å². The van der Waals surface area contributed by atoms with Gasteiger partial charge in [0.25, 0.3) is 5.91 Å². The van der Waals surface area contributed by atoms with Crippen molar-refractivity contribution in [2.75, 3.05) is 11.9 Å². The lowest BCUT2D eigenvalue weighted by molar-refractivity contribution is -0.131. The lowest BCUT2D eigenvalue weighted by Gasteiger charge is -2.06. The summed E-state index contributed by atoms with van der Waals surface area (Å²) in [6, 6.07) is 7.44. The van der Waals surface area contributed by atoms with Crippen LogP contribution in [0.3, 0.4) is 0 Å². The zero-order chi connectivity index (χ0) is 15.7. The Morgan fingerprint density at radius 1 is 1.10 bits per heavy atom. The van der Waals surface area contributed by atoms with Crippen LogP contribution >= 0.6 is 0 Å². The molecule has 1 aromatic carbocycles. The van der Waals surface area contributed by atoms with E-state index in [-0.39, 0.29) is 31.2 Å². The second-order valence-corrected chi connectivity index (χ2v) is 4.58. The van der Waals surface area contributed by atoms with E-state index < -0.39 is 5.91 Å². The number of hydroxylamine groups is 1. The summed E-state index contributed by atoms with van der Waals surface area (Å²) in [6.45, 7) is 1.65. The van der Waals surface area contributed by atoms with Crippen molar-refractivity contribution in [3.63, 3.8) is 0 Å². The predicted octanol–water partition coefficient (Wildman–Crippen LogP) is 0.725. The summed E-state index contributed by atoms with van der Waals surface area (Å²) in [5, 5.41) is 13.3. The average molecular weight is 293 g/mol. The van der Waals surface area contributed by atoms with Gasteiger partial charge in [-0.2, -0.15) is 0 Å². The fourth-order valence-corrected chi connectivity index (χ4v) is 1.66. The first-order valence-electron chi connectivity index (χ1n) is 6.57. The Bertz CT molecular complexity index is 517. The molecule has 0 fully saturated rings. The van der Waals surface area contributed by atoms with Crippen LogP contribution in [0, 0.1) is 6.92 Å². The number of anilines is 1. The third-order valence-corrected chi connectivity index (χ3v) is 2.68. The summed E-state index contributed by atoms with van der Waals surface area (Å²) in [4.78, 5) is 33.7. The van der Waals surface area contributed by atoms with Crippen LogP contribution in [-0.2, 0) is 14.4 Å². The van der Waals surface area contributed by atoms with Gasteiger partial charge in [0, 0.05) is 18.5 Å². The van der Waals surface area contributed by atoms with Crippen LogP contribution < -0.4 is 16.1 Å². The number of amides is 3. The minimum Gasteiger partial charge on any atom is -0.347 e. The fraction of sp³-hybridized carbons (Fsp3) is 0.357. The minimum atomic E-state index is -0.694. The van der Waals surface area contributed by atoms with Crippen molar-refractivity contribution in [3.05, 3.63) is 29.8 Å². The normalized spacial score (nSPS) is 9.81. The number of carbonyl (C=O) groups is 3. The first-order valence-corrected chi connectivity index (χ1v) is 6.57. The topological polar surface area (TPSA) is 108 Å². The molecule has 114 valence electrons. The molecule has 0 heterocycles.